The van der Waals surface area contributed by atoms with Crippen LogP contribution in [0.15, 0.2) is 18.2 Å². The van der Waals surface area contributed by atoms with Gasteiger partial charge in [0.1, 0.15) is 11.6 Å². The molecule has 1 heterocycles. The number of hydrogen-bond donors (Lipinski definition) is 3. The standard InChI is InChI=1S/C13H16ClN5O/c1-7-4-10(11(20-3)6-9(7)14)17-12-5-8(2)16-13(18-12)19-15/h4-6H,15H2,1-3H3,(H2,16,17,18,19). The number of aryl methyl sites for hydroxylation is 2. The fraction of sp³-hybridized carbons (Fsp3) is 0.231. The van der Waals surface area contributed by atoms with Crippen LogP contribution < -0.4 is 21.3 Å². The molecular formula is C13H16ClN5O. The van der Waals surface area contributed by atoms with Crippen molar-refractivity contribution in [3.63, 3.8) is 0 Å². The van der Waals surface area contributed by atoms with Crippen LogP contribution in [0.1, 0.15) is 11.3 Å². The first-order valence-electron chi connectivity index (χ1n) is 5.97. The van der Waals surface area contributed by atoms with E-state index in [0.29, 0.717) is 22.5 Å². The maximum absolute atomic E-state index is 6.08. The third kappa shape index (κ3) is 3.09. The van der Waals surface area contributed by atoms with Crippen LogP contribution in [-0.4, -0.2) is 17.1 Å². The van der Waals surface area contributed by atoms with Gasteiger partial charge in [-0.3, -0.25) is 5.43 Å². The van der Waals surface area contributed by atoms with Crippen molar-refractivity contribution in [3.8, 4) is 5.75 Å². The Bertz CT molecular complexity index is 632. The number of nitrogen functional groups attached to an aromatic ring is 1. The zero-order chi connectivity index (χ0) is 14.7. The highest BCUT2D eigenvalue weighted by Gasteiger charge is 2.09. The SMILES string of the molecule is COc1cc(Cl)c(C)cc1Nc1cc(C)nc(NN)n1. The predicted molar refractivity (Wildman–Crippen MR) is 80.6 cm³/mol. The Morgan fingerprint density at radius 1 is 1.20 bits per heavy atom. The fourth-order valence-electron chi connectivity index (χ4n) is 1.76. The summed E-state index contributed by atoms with van der Waals surface area (Å²) in [4.78, 5) is 8.36. The zero-order valence-corrected chi connectivity index (χ0v) is 12.2. The Labute approximate surface area is 122 Å². The molecule has 0 aliphatic carbocycles. The molecule has 106 valence electrons. The smallest absolute Gasteiger partial charge is 0.239 e. The summed E-state index contributed by atoms with van der Waals surface area (Å²) in [7, 11) is 1.59. The van der Waals surface area contributed by atoms with Gasteiger partial charge in [-0.1, -0.05) is 11.6 Å². The Morgan fingerprint density at radius 3 is 2.60 bits per heavy atom. The molecule has 0 saturated carbocycles. The normalized spacial score (nSPS) is 10.2. The van der Waals surface area contributed by atoms with Gasteiger partial charge in [-0.05, 0) is 25.5 Å². The molecule has 4 N–H and O–H groups in total. The van der Waals surface area contributed by atoms with Crippen molar-refractivity contribution in [1.29, 1.82) is 0 Å². The van der Waals surface area contributed by atoms with Crippen LogP contribution in [-0.2, 0) is 0 Å². The molecule has 0 spiro atoms. The van der Waals surface area contributed by atoms with Crippen molar-refractivity contribution >= 4 is 29.1 Å². The summed E-state index contributed by atoms with van der Waals surface area (Å²) in [6, 6.07) is 5.47. The highest BCUT2D eigenvalue weighted by Crippen LogP contribution is 2.32. The van der Waals surface area contributed by atoms with Crippen molar-refractivity contribution in [2.75, 3.05) is 17.9 Å². The summed E-state index contributed by atoms with van der Waals surface area (Å²) in [5.74, 6) is 6.93. The minimum absolute atomic E-state index is 0.345. The molecule has 1 aromatic carbocycles. The molecule has 1 aromatic heterocycles. The highest BCUT2D eigenvalue weighted by atomic mass is 35.5. The van der Waals surface area contributed by atoms with E-state index in [9.17, 15) is 0 Å². The lowest BCUT2D eigenvalue weighted by Crippen LogP contribution is -2.12. The number of methoxy groups -OCH3 is 1. The molecule has 0 radical (unpaired) electrons. The second kappa shape index (κ2) is 5.94. The summed E-state index contributed by atoms with van der Waals surface area (Å²) in [5.41, 5.74) is 4.94. The van der Waals surface area contributed by atoms with E-state index in [1.54, 1.807) is 13.2 Å². The molecule has 6 nitrogen and oxygen atoms in total. The Kier molecular flexibility index (Phi) is 4.26. The van der Waals surface area contributed by atoms with E-state index in [1.165, 1.54) is 0 Å². The molecule has 20 heavy (non-hydrogen) atoms. The number of nitrogens with zero attached hydrogens (tertiary/aromatic N) is 2. The van der Waals surface area contributed by atoms with Gasteiger partial charge < -0.3 is 10.1 Å². The van der Waals surface area contributed by atoms with Crippen LogP contribution in [0.3, 0.4) is 0 Å². The monoisotopic (exact) mass is 293 g/mol. The molecule has 0 bridgehead atoms. The second-order valence-electron chi connectivity index (χ2n) is 4.29. The van der Waals surface area contributed by atoms with Crippen molar-refractivity contribution < 1.29 is 4.74 Å². The molecular weight excluding hydrogens is 278 g/mol. The minimum atomic E-state index is 0.345. The molecule has 0 unspecified atom stereocenters. The third-order valence-corrected chi connectivity index (χ3v) is 3.13. The van der Waals surface area contributed by atoms with Crippen molar-refractivity contribution in [1.82, 2.24) is 9.97 Å². The van der Waals surface area contributed by atoms with Crippen molar-refractivity contribution in [2.24, 2.45) is 5.84 Å². The lowest BCUT2D eigenvalue weighted by atomic mass is 10.2. The summed E-state index contributed by atoms with van der Waals surface area (Å²) in [6.45, 7) is 3.78. The lowest BCUT2D eigenvalue weighted by Gasteiger charge is -2.13. The van der Waals surface area contributed by atoms with E-state index in [1.807, 2.05) is 26.0 Å². The summed E-state index contributed by atoms with van der Waals surface area (Å²) >= 11 is 6.08. The largest absolute Gasteiger partial charge is 0.495 e. The highest BCUT2D eigenvalue weighted by molar-refractivity contribution is 6.31. The second-order valence-corrected chi connectivity index (χ2v) is 4.70. The Morgan fingerprint density at radius 2 is 1.95 bits per heavy atom. The number of ether oxygens (including phenoxy) is 1. The van der Waals surface area contributed by atoms with Gasteiger partial charge in [0.2, 0.25) is 5.95 Å². The molecule has 0 aliphatic rings. The molecule has 0 fully saturated rings. The molecule has 0 saturated heterocycles. The number of nitrogens with one attached hydrogen (secondary N) is 2. The molecule has 0 aliphatic heterocycles. The number of aromatic nitrogens is 2. The van der Waals surface area contributed by atoms with Crippen LogP contribution in [0.5, 0.6) is 5.75 Å². The number of hydrazine groups is 1. The van der Waals surface area contributed by atoms with E-state index in [2.05, 4.69) is 20.7 Å². The summed E-state index contributed by atoms with van der Waals surface area (Å²) in [6.07, 6.45) is 0. The van der Waals surface area contributed by atoms with Crippen LogP contribution >= 0.6 is 11.6 Å². The van der Waals surface area contributed by atoms with E-state index < -0.39 is 0 Å². The average Bonchev–Trinajstić information content (AvgIpc) is 2.42. The van der Waals surface area contributed by atoms with Gasteiger partial charge in [-0.25, -0.2) is 10.8 Å². The quantitative estimate of drug-likeness (QED) is 0.594. The van der Waals surface area contributed by atoms with Gasteiger partial charge in [0.05, 0.1) is 12.8 Å². The van der Waals surface area contributed by atoms with E-state index in [-0.39, 0.29) is 0 Å². The van der Waals surface area contributed by atoms with Gasteiger partial charge in [0.25, 0.3) is 0 Å². The number of nitrogens with two attached hydrogens (primary N) is 1. The molecule has 7 heteroatoms. The van der Waals surface area contributed by atoms with Gasteiger partial charge in [0, 0.05) is 22.8 Å². The number of rotatable bonds is 4. The maximum atomic E-state index is 6.08. The topological polar surface area (TPSA) is 85.1 Å². The number of benzene rings is 1. The first-order valence-corrected chi connectivity index (χ1v) is 6.34. The number of hydrogen-bond acceptors (Lipinski definition) is 6. The van der Waals surface area contributed by atoms with Crippen molar-refractivity contribution in [2.45, 2.75) is 13.8 Å². The molecule has 0 amide bonds. The maximum Gasteiger partial charge on any atom is 0.239 e. The van der Waals surface area contributed by atoms with Gasteiger partial charge >= 0.3 is 0 Å². The fourth-order valence-corrected chi connectivity index (χ4v) is 1.92. The Hall–Kier alpha value is -2.05. The zero-order valence-electron chi connectivity index (χ0n) is 11.5. The summed E-state index contributed by atoms with van der Waals surface area (Å²) < 4.78 is 5.31. The first-order chi connectivity index (χ1) is 9.53. The van der Waals surface area contributed by atoms with Crippen LogP contribution in [0.25, 0.3) is 0 Å². The summed E-state index contributed by atoms with van der Waals surface area (Å²) in [5, 5.41) is 3.83. The lowest BCUT2D eigenvalue weighted by molar-refractivity contribution is 0.416. The van der Waals surface area contributed by atoms with Crippen LogP contribution in [0.2, 0.25) is 5.02 Å². The number of halogens is 1. The molecule has 2 rings (SSSR count). The number of anilines is 3. The predicted octanol–water partition coefficient (Wildman–Crippen LogP) is 2.78. The first kappa shape index (κ1) is 14.4. The minimum Gasteiger partial charge on any atom is -0.495 e. The molecule has 0 atom stereocenters. The van der Waals surface area contributed by atoms with Gasteiger partial charge in [0.15, 0.2) is 0 Å². The van der Waals surface area contributed by atoms with Gasteiger partial charge in [-0.2, -0.15) is 4.98 Å². The van der Waals surface area contributed by atoms with Gasteiger partial charge in [-0.15, -0.1) is 0 Å². The Balaban J connectivity index is 2.39. The van der Waals surface area contributed by atoms with E-state index in [4.69, 9.17) is 22.2 Å². The molecule has 2 aromatic rings. The van der Waals surface area contributed by atoms with E-state index in [0.717, 1.165) is 16.9 Å². The average molecular weight is 294 g/mol. The van der Waals surface area contributed by atoms with Crippen LogP contribution in [0.4, 0.5) is 17.5 Å². The van der Waals surface area contributed by atoms with E-state index >= 15 is 0 Å². The van der Waals surface area contributed by atoms with Crippen LogP contribution in [0, 0.1) is 13.8 Å². The third-order valence-electron chi connectivity index (χ3n) is 2.73. The van der Waals surface area contributed by atoms with Crippen molar-refractivity contribution in [3.05, 3.63) is 34.5 Å².